The zero-order valence-electron chi connectivity index (χ0n) is 8.80. The lowest BCUT2D eigenvalue weighted by atomic mass is 9.97. The molecule has 2 rings (SSSR count). The summed E-state index contributed by atoms with van der Waals surface area (Å²) in [5, 5.41) is 9.61. The molecule has 15 heavy (non-hydrogen) atoms. The van der Waals surface area contributed by atoms with E-state index in [0.717, 1.165) is 25.3 Å². The number of piperidine rings is 1. The molecule has 0 radical (unpaired) electrons. The summed E-state index contributed by atoms with van der Waals surface area (Å²) >= 11 is 0. The topological polar surface area (TPSA) is 75.3 Å². The van der Waals surface area contributed by atoms with E-state index in [9.17, 15) is 5.11 Å². The molecule has 1 aliphatic heterocycles. The first-order valence-electron chi connectivity index (χ1n) is 5.17. The smallest absolute Gasteiger partial charge is 0.149 e. The number of nitrogens with two attached hydrogens (primary N) is 1. The molecule has 0 bridgehead atoms. The second-order valence-corrected chi connectivity index (χ2v) is 4.08. The summed E-state index contributed by atoms with van der Waals surface area (Å²) in [6.07, 6.45) is 3.82. The largest absolute Gasteiger partial charge is 0.393 e. The number of hydrogen-bond acceptors (Lipinski definition) is 5. The monoisotopic (exact) mass is 208 g/mol. The highest BCUT2D eigenvalue weighted by atomic mass is 16.3. The average molecular weight is 208 g/mol. The van der Waals surface area contributed by atoms with Gasteiger partial charge in [0.05, 0.1) is 18.5 Å². The van der Waals surface area contributed by atoms with Crippen LogP contribution < -0.4 is 10.6 Å². The van der Waals surface area contributed by atoms with Gasteiger partial charge in [-0.2, -0.15) is 0 Å². The zero-order valence-corrected chi connectivity index (χ0v) is 8.80. The van der Waals surface area contributed by atoms with E-state index < -0.39 is 0 Å². The number of nitrogen functional groups attached to an aromatic ring is 1. The molecule has 1 aromatic rings. The third-order valence-corrected chi connectivity index (χ3v) is 2.82. The van der Waals surface area contributed by atoms with Crippen molar-refractivity contribution in [3.63, 3.8) is 0 Å². The molecular formula is C10H16N4O. The molecule has 0 amide bonds. The van der Waals surface area contributed by atoms with Crippen LogP contribution in [-0.2, 0) is 0 Å². The summed E-state index contributed by atoms with van der Waals surface area (Å²) < 4.78 is 0. The zero-order chi connectivity index (χ0) is 10.8. The Kier molecular flexibility index (Phi) is 2.73. The van der Waals surface area contributed by atoms with Crippen molar-refractivity contribution in [3.8, 4) is 0 Å². The Morgan fingerprint density at radius 1 is 1.53 bits per heavy atom. The number of aliphatic hydroxyl groups is 1. The highest BCUT2D eigenvalue weighted by molar-refractivity contribution is 5.41. The number of nitrogens with zero attached hydrogens (tertiary/aromatic N) is 3. The highest BCUT2D eigenvalue weighted by Gasteiger charge is 2.24. The lowest BCUT2D eigenvalue weighted by Crippen LogP contribution is -2.42. The highest BCUT2D eigenvalue weighted by Crippen LogP contribution is 2.21. The minimum atomic E-state index is -0.199. The molecule has 3 N–H and O–H groups in total. The molecule has 0 spiro atoms. The lowest BCUT2D eigenvalue weighted by molar-refractivity contribution is 0.0969. The van der Waals surface area contributed by atoms with E-state index in [4.69, 9.17) is 5.73 Å². The van der Waals surface area contributed by atoms with Crippen LogP contribution >= 0.6 is 0 Å². The predicted octanol–water partition coefficient (Wildman–Crippen LogP) is 0.266. The van der Waals surface area contributed by atoms with Gasteiger partial charge in [0.1, 0.15) is 11.6 Å². The molecule has 1 saturated heterocycles. The Labute approximate surface area is 88.9 Å². The Morgan fingerprint density at radius 3 is 3.00 bits per heavy atom. The van der Waals surface area contributed by atoms with E-state index in [2.05, 4.69) is 14.9 Å². The Morgan fingerprint density at radius 2 is 2.33 bits per heavy atom. The summed E-state index contributed by atoms with van der Waals surface area (Å²) in [4.78, 5) is 10.3. The molecule has 1 aliphatic rings. The van der Waals surface area contributed by atoms with Crippen molar-refractivity contribution in [2.24, 2.45) is 5.92 Å². The van der Waals surface area contributed by atoms with Crippen LogP contribution in [0, 0.1) is 5.92 Å². The van der Waals surface area contributed by atoms with Crippen LogP contribution in [0.3, 0.4) is 0 Å². The van der Waals surface area contributed by atoms with E-state index in [1.54, 1.807) is 6.20 Å². The fourth-order valence-electron chi connectivity index (χ4n) is 1.86. The maximum Gasteiger partial charge on any atom is 0.149 e. The summed E-state index contributed by atoms with van der Waals surface area (Å²) in [7, 11) is 0. The predicted molar refractivity (Wildman–Crippen MR) is 58.4 cm³/mol. The van der Waals surface area contributed by atoms with Gasteiger partial charge in [0.15, 0.2) is 0 Å². The van der Waals surface area contributed by atoms with Crippen LogP contribution in [0.15, 0.2) is 12.4 Å². The molecule has 5 nitrogen and oxygen atoms in total. The van der Waals surface area contributed by atoms with Crippen molar-refractivity contribution in [3.05, 3.63) is 12.4 Å². The lowest BCUT2D eigenvalue weighted by Gasteiger charge is -2.34. The van der Waals surface area contributed by atoms with E-state index in [0.29, 0.717) is 5.82 Å². The van der Waals surface area contributed by atoms with Crippen molar-refractivity contribution in [2.45, 2.75) is 19.4 Å². The van der Waals surface area contributed by atoms with Gasteiger partial charge in [-0.05, 0) is 12.3 Å². The molecule has 2 heterocycles. The molecule has 1 aromatic heterocycles. The Hall–Kier alpha value is -1.36. The van der Waals surface area contributed by atoms with Crippen molar-refractivity contribution >= 4 is 11.6 Å². The van der Waals surface area contributed by atoms with Crippen molar-refractivity contribution in [1.29, 1.82) is 0 Å². The minimum absolute atomic E-state index is 0.199. The van der Waals surface area contributed by atoms with Gasteiger partial charge in [0.2, 0.25) is 0 Å². The van der Waals surface area contributed by atoms with Crippen LogP contribution in [0.4, 0.5) is 11.6 Å². The van der Waals surface area contributed by atoms with Gasteiger partial charge in [0, 0.05) is 13.1 Å². The fraction of sp³-hybridized carbons (Fsp3) is 0.600. The van der Waals surface area contributed by atoms with Gasteiger partial charge in [-0.3, -0.25) is 4.98 Å². The fourth-order valence-corrected chi connectivity index (χ4v) is 1.86. The van der Waals surface area contributed by atoms with Gasteiger partial charge in [-0.15, -0.1) is 0 Å². The molecule has 2 atom stereocenters. The van der Waals surface area contributed by atoms with Gasteiger partial charge in [-0.1, -0.05) is 6.92 Å². The number of rotatable bonds is 1. The van der Waals surface area contributed by atoms with Gasteiger partial charge < -0.3 is 15.7 Å². The van der Waals surface area contributed by atoms with Crippen molar-refractivity contribution < 1.29 is 5.11 Å². The van der Waals surface area contributed by atoms with Crippen molar-refractivity contribution in [2.75, 3.05) is 23.7 Å². The first-order valence-corrected chi connectivity index (χ1v) is 5.17. The van der Waals surface area contributed by atoms with Gasteiger partial charge in [-0.25, -0.2) is 4.98 Å². The number of anilines is 2. The molecule has 0 aliphatic carbocycles. The molecule has 2 unspecified atom stereocenters. The maximum atomic E-state index is 9.61. The van der Waals surface area contributed by atoms with E-state index >= 15 is 0 Å². The Balaban J connectivity index is 2.12. The first-order chi connectivity index (χ1) is 7.16. The van der Waals surface area contributed by atoms with E-state index in [-0.39, 0.29) is 12.0 Å². The number of hydrogen-bond donors (Lipinski definition) is 2. The standard InChI is InChI=1S/C10H16N4O/c1-7-6-14(3-2-8(7)15)10-5-12-4-9(11)13-10/h4-5,7-8,15H,2-3,6H2,1H3,(H2,11,13). The van der Waals surface area contributed by atoms with E-state index in [1.165, 1.54) is 6.20 Å². The molecular weight excluding hydrogens is 192 g/mol. The molecule has 5 heteroatoms. The van der Waals surface area contributed by atoms with Crippen LogP contribution in [0.1, 0.15) is 13.3 Å². The molecule has 82 valence electrons. The second kappa shape index (κ2) is 4.02. The Bertz CT molecular complexity index is 344. The van der Waals surface area contributed by atoms with Crippen LogP contribution in [-0.4, -0.2) is 34.3 Å². The molecule has 1 fully saturated rings. The quantitative estimate of drug-likeness (QED) is 0.692. The molecule has 0 aromatic carbocycles. The summed E-state index contributed by atoms with van der Waals surface area (Å²) in [5.74, 6) is 1.50. The minimum Gasteiger partial charge on any atom is -0.393 e. The number of aromatic nitrogens is 2. The van der Waals surface area contributed by atoms with Gasteiger partial charge >= 0.3 is 0 Å². The first kappa shape index (κ1) is 10.2. The van der Waals surface area contributed by atoms with Crippen LogP contribution in [0.5, 0.6) is 0 Å². The third-order valence-electron chi connectivity index (χ3n) is 2.82. The van der Waals surface area contributed by atoms with Crippen molar-refractivity contribution in [1.82, 2.24) is 9.97 Å². The normalized spacial score (nSPS) is 26.7. The van der Waals surface area contributed by atoms with Gasteiger partial charge in [0.25, 0.3) is 0 Å². The number of aliphatic hydroxyl groups excluding tert-OH is 1. The van der Waals surface area contributed by atoms with Crippen LogP contribution in [0.2, 0.25) is 0 Å². The summed E-state index contributed by atoms with van der Waals surface area (Å²) in [5.41, 5.74) is 5.58. The SMILES string of the molecule is CC1CN(c2cncc(N)n2)CCC1O. The third kappa shape index (κ3) is 2.18. The molecule has 0 saturated carbocycles. The average Bonchev–Trinajstić information content (AvgIpc) is 2.22. The maximum absolute atomic E-state index is 9.61. The second-order valence-electron chi connectivity index (χ2n) is 4.08. The summed E-state index contributed by atoms with van der Waals surface area (Å²) in [6.45, 7) is 3.65. The van der Waals surface area contributed by atoms with Crippen LogP contribution in [0.25, 0.3) is 0 Å². The summed E-state index contributed by atoms with van der Waals surface area (Å²) in [6, 6.07) is 0. The van der Waals surface area contributed by atoms with E-state index in [1.807, 2.05) is 6.92 Å².